The van der Waals surface area contributed by atoms with Gasteiger partial charge < -0.3 is 5.11 Å². The van der Waals surface area contributed by atoms with Gasteiger partial charge >= 0.3 is 5.97 Å². The molecule has 0 aromatic rings. The van der Waals surface area contributed by atoms with Crippen molar-refractivity contribution < 1.29 is 9.90 Å². The molecular weight excluding hydrogens is 244 g/mol. The Bertz CT molecular complexity index is 324. The summed E-state index contributed by atoms with van der Waals surface area (Å²) < 4.78 is 1.25. The second-order valence-corrected chi connectivity index (χ2v) is 4.30. The van der Waals surface area contributed by atoms with Crippen molar-refractivity contribution in [2.24, 2.45) is 0 Å². The van der Waals surface area contributed by atoms with E-state index in [9.17, 15) is 4.79 Å². The number of carboxylic acids is 1. The average Bonchev–Trinajstić information content (AvgIpc) is 2.46. The van der Waals surface area contributed by atoms with Gasteiger partial charge in [-0.3, -0.25) is 0 Å². The molecule has 0 aromatic heterocycles. The quantitative estimate of drug-likeness (QED) is 0.621. The first-order chi connectivity index (χ1) is 6.59. The molecule has 1 rings (SSSR count). The maximum Gasteiger partial charge on any atom is 0.328 e. The van der Waals surface area contributed by atoms with E-state index in [0.717, 1.165) is 18.4 Å². The molecule has 0 aliphatic heterocycles. The van der Waals surface area contributed by atoms with Crippen molar-refractivity contribution in [2.45, 2.75) is 26.2 Å². The molecule has 0 unspecified atom stereocenters. The van der Waals surface area contributed by atoms with Crippen molar-refractivity contribution in [1.29, 1.82) is 0 Å². The van der Waals surface area contributed by atoms with E-state index in [1.54, 1.807) is 6.92 Å². The van der Waals surface area contributed by atoms with Crippen molar-refractivity contribution in [1.82, 2.24) is 0 Å². The van der Waals surface area contributed by atoms with Crippen molar-refractivity contribution in [3.05, 3.63) is 33.9 Å². The number of hydrogen-bond donors (Lipinski definition) is 1. The summed E-state index contributed by atoms with van der Waals surface area (Å²) in [6.45, 7) is 1.79. The minimum Gasteiger partial charge on any atom is -0.478 e. The molecule has 14 heavy (non-hydrogen) atoms. The normalized spacial score (nSPS) is 18.3. The Kier molecular flexibility index (Phi) is 4.14. The fourth-order valence-corrected chi connectivity index (χ4v) is 1.99. The highest BCUT2D eigenvalue weighted by Crippen LogP contribution is 2.31. The van der Waals surface area contributed by atoms with E-state index in [1.165, 1.54) is 22.6 Å². The van der Waals surface area contributed by atoms with E-state index < -0.39 is 5.97 Å². The topological polar surface area (TPSA) is 37.3 Å². The largest absolute Gasteiger partial charge is 0.478 e. The van der Waals surface area contributed by atoms with Crippen LogP contribution in [0.25, 0.3) is 0 Å². The SMILES string of the molecule is CC(/C=C/C1=C(Br)CCC1)=C\C(=O)O. The van der Waals surface area contributed by atoms with Crippen LogP contribution in [-0.4, -0.2) is 11.1 Å². The Balaban J connectivity index is 2.64. The summed E-state index contributed by atoms with van der Waals surface area (Å²) >= 11 is 3.50. The van der Waals surface area contributed by atoms with E-state index in [1.807, 2.05) is 12.2 Å². The number of carbonyl (C=O) groups is 1. The lowest BCUT2D eigenvalue weighted by molar-refractivity contribution is -0.131. The predicted octanol–water partition coefficient (Wildman–Crippen LogP) is 3.41. The van der Waals surface area contributed by atoms with E-state index in [2.05, 4.69) is 15.9 Å². The Morgan fingerprint density at radius 3 is 2.71 bits per heavy atom. The van der Waals surface area contributed by atoms with Gasteiger partial charge in [-0.25, -0.2) is 4.79 Å². The van der Waals surface area contributed by atoms with Crippen LogP contribution in [-0.2, 0) is 4.79 Å². The van der Waals surface area contributed by atoms with E-state index >= 15 is 0 Å². The number of rotatable bonds is 3. The molecule has 1 aliphatic rings. The van der Waals surface area contributed by atoms with Crippen molar-refractivity contribution in [3.8, 4) is 0 Å². The summed E-state index contributed by atoms with van der Waals surface area (Å²) in [5.74, 6) is -0.897. The molecule has 0 saturated heterocycles. The zero-order chi connectivity index (χ0) is 10.6. The summed E-state index contributed by atoms with van der Waals surface area (Å²) in [5, 5.41) is 8.50. The van der Waals surface area contributed by atoms with Crippen LogP contribution in [0.5, 0.6) is 0 Å². The fraction of sp³-hybridized carbons (Fsp3) is 0.364. The average molecular weight is 257 g/mol. The number of hydrogen-bond acceptors (Lipinski definition) is 1. The van der Waals surface area contributed by atoms with Crippen LogP contribution in [0.1, 0.15) is 26.2 Å². The highest BCUT2D eigenvalue weighted by Gasteiger charge is 2.08. The number of carboxylic acid groups (broad SMARTS) is 1. The van der Waals surface area contributed by atoms with Crippen molar-refractivity contribution in [2.75, 3.05) is 0 Å². The van der Waals surface area contributed by atoms with Crippen LogP contribution in [0.2, 0.25) is 0 Å². The van der Waals surface area contributed by atoms with E-state index in [-0.39, 0.29) is 0 Å². The molecule has 3 heteroatoms. The van der Waals surface area contributed by atoms with Crippen LogP contribution in [0.3, 0.4) is 0 Å². The Labute approximate surface area is 92.1 Å². The van der Waals surface area contributed by atoms with Crippen LogP contribution in [0.4, 0.5) is 0 Å². The Hall–Kier alpha value is -0.830. The Morgan fingerprint density at radius 2 is 2.21 bits per heavy atom. The highest BCUT2D eigenvalue weighted by atomic mass is 79.9. The number of aliphatic carboxylic acids is 1. The molecule has 1 aliphatic carbocycles. The number of halogens is 1. The molecule has 0 radical (unpaired) electrons. The smallest absolute Gasteiger partial charge is 0.328 e. The van der Waals surface area contributed by atoms with Crippen LogP contribution < -0.4 is 0 Å². The fourth-order valence-electron chi connectivity index (χ4n) is 1.38. The molecule has 0 aromatic carbocycles. The predicted molar refractivity (Wildman–Crippen MR) is 60.3 cm³/mol. The van der Waals surface area contributed by atoms with Crippen LogP contribution >= 0.6 is 15.9 Å². The van der Waals surface area contributed by atoms with Gasteiger partial charge in [0.05, 0.1) is 0 Å². The van der Waals surface area contributed by atoms with Gasteiger partial charge in [-0.15, -0.1) is 0 Å². The zero-order valence-electron chi connectivity index (χ0n) is 8.09. The second kappa shape index (κ2) is 5.15. The summed E-state index contributed by atoms with van der Waals surface area (Å²) in [7, 11) is 0. The molecule has 0 saturated carbocycles. The van der Waals surface area contributed by atoms with Crippen LogP contribution in [0.15, 0.2) is 33.9 Å². The van der Waals surface area contributed by atoms with Gasteiger partial charge in [-0.1, -0.05) is 28.1 Å². The van der Waals surface area contributed by atoms with Gasteiger partial charge in [0.25, 0.3) is 0 Å². The lowest BCUT2D eigenvalue weighted by Gasteiger charge is -1.94. The second-order valence-electron chi connectivity index (χ2n) is 3.34. The monoisotopic (exact) mass is 256 g/mol. The summed E-state index contributed by atoms with van der Waals surface area (Å²) in [6.07, 6.45) is 8.41. The van der Waals surface area contributed by atoms with Crippen molar-refractivity contribution >= 4 is 21.9 Å². The lowest BCUT2D eigenvalue weighted by Crippen LogP contribution is -1.88. The molecule has 0 atom stereocenters. The number of allylic oxidation sites excluding steroid dienone is 5. The standard InChI is InChI=1S/C11H13BrO2/c1-8(7-11(13)14)5-6-9-3-2-4-10(9)12/h5-7H,2-4H2,1H3,(H,13,14)/b6-5+,8-7+. The van der Waals surface area contributed by atoms with Crippen LogP contribution in [0, 0.1) is 0 Å². The summed E-state index contributed by atoms with van der Waals surface area (Å²) in [4.78, 5) is 10.3. The van der Waals surface area contributed by atoms with Gasteiger partial charge in [0.1, 0.15) is 0 Å². The molecule has 0 amide bonds. The molecule has 0 bridgehead atoms. The summed E-state index contributed by atoms with van der Waals surface area (Å²) in [5.41, 5.74) is 2.04. The minimum absolute atomic E-state index is 0.761. The molecule has 0 spiro atoms. The first kappa shape index (κ1) is 11.2. The van der Waals surface area contributed by atoms with Gasteiger partial charge in [-0.05, 0) is 41.8 Å². The van der Waals surface area contributed by atoms with Gasteiger partial charge in [0.15, 0.2) is 0 Å². The highest BCUT2D eigenvalue weighted by molar-refractivity contribution is 9.11. The third-order valence-electron chi connectivity index (χ3n) is 2.09. The van der Waals surface area contributed by atoms with Gasteiger partial charge in [-0.2, -0.15) is 0 Å². The maximum absolute atomic E-state index is 10.3. The third kappa shape index (κ3) is 3.50. The minimum atomic E-state index is -0.897. The molecular formula is C11H13BrO2. The Morgan fingerprint density at radius 1 is 1.50 bits per heavy atom. The zero-order valence-corrected chi connectivity index (χ0v) is 9.67. The maximum atomic E-state index is 10.3. The molecule has 0 fully saturated rings. The van der Waals surface area contributed by atoms with Gasteiger partial charge in [0, 0.05) is 6.08 Å². The molecule has 0 heterocycles. The van der Waals surface area contributed by atoms with Crippen molar-refractivity contribution in [3.63, 3.8) is 0 Å². The summed E-state index contributed by atoms with van der Waals surface area (Å²) in [6, 6.07) is 0. The molecule has 2 nitrogen and oxygen atoms in total. The lowest BCUT2D eigenvalue weighted by atomic mass is 10.2. The molecule has 76 valence electrons. The first-order valence-corrected chi connectivity index (χ1v) is 5.35. The molecule has 1 N–H and O–H groups in total. The third-order valence-corrected chi connectivity index (χ3v) is 3.00. The first-order valence-electron chi connectivity index (χ1n) is 4.56. The van der Waals surface area contributed by atoms with Gasteiger partial charge in [0.2, 0.25) is 0 Å². The van der Waals surface area contributed by atoms with E-state index in [4.69, 9.17) is 5.11 Å². The van der Waals surface area contributed by atoms with E-state index in [0.29, 0.717) is 0 Å².